The SMILES string of the molecule is COC(=O)c1cccc(NC(=S)NN=C(C)C)c1. The van der Waals surface area contributed by atoms with Crippen molar-refractivity contribution in [2.24, 2.45) is 5.10 Å². The minimum absolute atomic E-state index is 0.359. The number of anilines is 1. The quantitative estimate of drug-likeness (QED) is 0.379. The maximum Gasteiger partial charge on any atom is 0.337 e. The molecule has 0 radical (unpaired) electrons. The van der Waals surface area contributed by atoms with Crippen LogP contribution in [0.5, 0.6) is 0 Å². The molecule has 1 aromatic rings. The molecule has 6 heteroatoms. The zero-order valence-corrected chi connectivity index (χ0v) is 11.3. The number of hydrogen-bond donors (Lipinski definition) is 2. The number of carbonyl (C=O) groups excluding carboxylic acids is 1. The van der Waals surface area contributed by atoms with Crippen molar-refractivity contribution in [1.82, 2.24) is 5.43 Å². The summed E-state index contributed by atoms with van der Waals surface area (Å²) in [6, 6.07) is 6.86. The lowest BCUT2D eigenvalue weighted by molar-refractivity contribution is 0.0601. The number of nitrogens with one attached hydrogen (secondary N) is 2. The number of ether oxygens (including phenoxy) is 1. The molecule has 0 atom stereocenters. The lowest BCUT2D eigenvalue weighted by Crippen LogP contribution is -2.24. The molecule has 0 aliphatic heterocycles. The fourth-order valence-corrected chi connectivity index (χ4v) is 1.33. The summed E-state index contributed by atoms with van der Waals surface area (Å²) in [4.78, 5) is 11.3. The van der Waals surface area contributed by atoms with Gasteiger partial charge in [0.25, 0.3) is 0 Å². The van der Waals surface area contributed by atoms with Crippen LogP contribution >= 0.6 is 12.2 Å². The van der Waals surface area contributed by atoms with Crippen molar-refractivity contribution in [3.63, 3.8) is 0 Å². The number of hydrogen-bond acceptors (Lipinski definition) is 4. The fourth-order valence-electron chi connectivity index (χ4n) is 1.16. The molecule has 2 N–H and O–H groups in total. The normalized spacial score (nSPS) is 9.28. The van der Waals surface area contributed by atoms with E-state index >= 15 is 0 Å². The third kappa shape index (κ3) is 4.50. The lowest BCUT2D eigenvalue weighted by Gasteiger charge is -2.08. The third-order valence-corrected chi connectivity index (χ3v) is 2.12. The fraction of sp³-hybridized carbons (Fsp3) is 0.250. The Morgan fingerprint density at radius 2 is 2.11 bits per heavy atom. The maximum atomic E-state index is 11.3. The molecule has 0 aliphatic carbocycles. The van der Waals surface area contributed by atoms with E-state index in [-0.39, 0.29) is 5.97 Å². The summed E-state index contributed by atoms with van der Waals surface area (Å²) < 4.78 is 4.64. The second-order valence-electron chi connectivity index (χ2n) is 3.70. The summed E-state index contributed by atoms with van der Waals surface area (Å²) in [5, 5.41) is 7.25. The van der Waals surface area contributed by atoms with Gasteiger partial charge in [-0.05, 0) is 44.3 Å². The Hall–Kier alpha value is -1.95. The maximum absolute atomic E-state index is 11.3. The van der Waals surface area contributed by atoms with Crippen LogP contribution in [0.15, 0.2) is 29.4 Å². The molecular formula is C12H15N3O2S. The molecule has 0 saturated carbocycles. The van der Waals surface area contributed by atoms with Crippen LogP contribution in [0.1, 0.15) is 24.2 Å². The first-order valence-corrected chi connectivity index (χ1v) is 5.70. The van der Waals surface area contributed by atoms with Gasteiger partial charge in [0.1, 0.15) is 0 Å². The summed E-state index contributed by atoms with van der Waals surface area (Å²) in [6.07, 6.45) is 0. The summed E-state index contributed by atoms with van der Waals surface area (Å²) >= 11 is 5.05. The van der Waals surface area contributed by atoms with Crippen LogP contribution in [-0.2, 0) is 4.74 Å². The number of methoxy groups -OCH3 is 1. The molecule has 18 heavy (non-hydrogen) atoms. The van der Waals surface area contributed by atoms with Crippen LogP contribution in [0.2, 0.25) is 0 Å². The number of carbonyl (C=O) groups is 1. The Balaban J connectivity index is 2.70. The molecule has 0 unspecified atom stereocenters. The molecule has 0 fully saturated rings. The predicted octanol–water partition coefficient (Wildman–Crippen LogP) is 2.16. The Kier molecular flexibility index (Phi) is 5.26. The van der Waals surface area contributed by atoms with E-state index in [2.05, 4.69) is 20.6 Å². The standard InChI is InChI=1S/C12H15N3O2S/c1-8(2)14-15-12(18)13-10-6-4-5-9(7-10)11(16)17-3/h4-7H,1-3H3,(H2,13,15,18). The highest BCUT2D eigenvalue weighted by Gasteiger charge is 2.05. The van der Waals surface area contributed by atoms with Gasteiger partial charge in [0.2, 0.25) is 0 Å². The number of nitrogens with zero attached hydrogens (tertiary/aromatic N) is 1. The van der Waals surface area contributed by atoms with Crippen molar-refractivity contribution in [2.45, 2.75) is 13.8 Å². The van der Waals surface area contributed by atoms with E-state index in [9.17, 15) is 4.79 Å². The summed E-state index contributed by atoms with van der Waals surface area (Å²) in [5.41, 5.74) is 4.70. The Bertz CT molecular complexity index is 482. The van der Waals surface area contributed by atoms with Gasteiger partial charge < -0.3 is 10.1 Å². The van der Waals surface area contributed by atoms with Crippen molar-refractivity contribution in [3.05, 3.63) is 29.8 Å². The van der Waals surface area contributed by atoms with E-state index in [1.54, 1.807) is 24.3 Å². The molecule has 5 nitrogen and oxygen atoms in total. The molecule has 0 amide bonds. The summed E-state index contributed by atoms with van der Waals surface area (Å²) in [6.45, 7) is 3.71. The van der Waals surface area contributed by atoms with Crippen LogP contribution in [0.3, 0.4) is 0 Å². The zero-order chi connectivity index (χ0) is 13.5. The topological polar surface area (TPSA) is 62.7 Å². The first-order chi connectivity index (χ1) is 8.52. The van der Waals surface area contributed by atoms with Gasteiger partial charge in [-0.3, -0.25) is 5.43 Å². The van der Waals surface area contributed by atoms with E-state index in [0.29, 0.717) is 16.4 Å². The van der Waals surface area contributed by atoms with E-state index < -0.39 is 0 Å². The molecule has 0 heterocycles. The van der Waals surface area contributed by atoms with Crippen molar-refractivity contribution in [1.29, 1.82) is 0 Å². The highest BCUT2D eigenvalue weighted by molar-refractivity contribution is 7.80. The average molecular weight is 265 g/mol. The van der Waals surface area contributed by atoms with E-state index in [0.717, 1.165) is 5.71 Å². The lowest BCUT2D eigenvalue weighted by atomic mass is 10.2. The van der Waals surface area contributed by atoms with Crippen molar-refractivity contribution in [3.8, 4) is 0 Å². The van der Waals surface area contributed by atoms with Crippen molar-refractivity contribution < 1.29 is 9.53 Å². The molecule has 0 aromatic heterocycles. The number of benzene rings is 1. The van der Waals surface area contributed by atoms with Crippen LogP contribution < -0.4 is 10.7 Å². The van der Waals surface area contributed by atoms with Gasteiger partial charge in [-0.1, -0.05) is 6.07 Å². The number of hydrazone groups is 1. The third-order valence-electron chi connectivity index (χ3n) is 1.92. The van der Waals surface area contributed by atoms with Crippen LogP contribution in [-0.4, -0.2) is 23.9 Å². The average Bonchev–Trinajstić information content (AvgIpc) is 2.35. The minimum atomic E-state index is -0.389. The van der Waals surface area contributed by atoms with E-state index in [4.69, 9.17) is 12.2 Å². The summed E-state index contributed by atoms with van der Waals surface area (Å²) in [7, 11) is 1.34. The Labute approximate surface area is 111 Å². The molecule has 96 valence electrons. The first-order valence-electron chi connectivity index (χ1n) is 5.29. The van der Waals surface area contributed by atoms with Crippen LogP contribution in [0, 0.1) is 0 Å². The van der Waals surface area contributed by atoms with Gasteiger partial charge in [0.05, 0.1) is 12.7 Å². The molecule has 1 aromatic carbocycles. The second-order valence-corrected chi connectivity index (χ2v) is 4.11. The predicted molar refractivity (Wildman–Crippen MR) is 75.9 cm³/mol. The van der Waals surface area contributed by atoms with Crippen molar-refractivity contribution >= 4 is 34.7 Å². The van der Waals surface area contributed by atoms with Gasteiger partial charge in [-0.2, -0.15) is 5.10 Å². The first kappa shape index (κ1) is 14.1. The Morgan fingerprint density at radius 3 is 2.72 bits per heavy atom. The van der Waals surface area contributed by atoms with Gasteiger partial charge in [0.15, 0.2) is 5.11 Å². The minimum Gasteiger partial charge on any atom is -0.465 e. The molecule has 0 bridgehead atoms. The number of thiocarbonyl (C=S) groups is 1. The molecule has 0 spiro atoms. The largest absolute Gasteiger partial charge is 0.465 e. The van der Waals surface area contributed by atoms with Gasteiger partial charge in [-0.15, -0.1) is 0 Å². The van der Waals surface area contributed by atoms with Crippen LogP contribution in [0.25, 0.3) is 0 Å². The van der Waals surface area contributed by atoms with Crippen LogP contribution in [0.4, 0.5) is 5.69 Å². The zero-order valence-electron chi connectivity index (χ0n) is 10.5. The monoisotopic (exact) mass is 265 g/mol. The highest BCUT2D eigenvalue weighted by Crippen LogP contribution is 2.11. The smallest absolute Gasteiger partial charge is 0.337 e. The van der Waals surface area contributed by atoms with Gasteiger partial charge in [0, 0.05) is 11.4 Å². The molecule has 0 saturated heterocycles. The van der Waals surface area contributed by atoms with Crippen molar-refractivity contribution in [2.75, 3.05) is 12.4 Å². The summed E-state index contributed by atoms with van der Waals surface area (Å²) in [5.74, 6) is -0.389. The number of rotatable bonds is 3. The second kappa shape index (κ2) is 6.70. The molecule has 1 rings (SSSR count). The number of esters is 1. The highest BCUT2D eigenvalue weighted by atomic mass is 32.1. The Morgan fingerprint density at radius 1 is 1.39 bits per heavy atom. The van der Waals surface area contributed by atoms with Gasteiger partial charge >= 0.3 is 5.97 Å². The van der Waals surface area contributed by atoms with Gasteiger partial charge in [-0.25, -0.2) is 4.79 Å². The molecular weight excluding hydrogens is 250 g/mol. The molecule has 0 aliphatic rings. The van der Waals surface area contributed by atoms with E-state index in [1.807, 2.05) is 13.8 Å². The van der Waals surface area contributed by atoms with E-state index in [1.165, 1.54) is 7.11 Å².